The van der Waals surface area contributed by atoms with Gasteiger partial charge in [0.25, 0.3) is 6.43 Å². The highest BCUT2D eigenvalue weighted by Gasteiger charge is 2.39. The van der Waals surface area contributed by atoms with Crippen molar-refractivity contribution >= 4 is 0 Å². The lowest BCUT2D eigenvalue weighted by Crippen LogP contribution is -2.47. The predicted molar refractivity (Wildman–Crippen MR) is 49.0 cm³/mol. The standard InChI is InChI=1S/C7H13F2NO.C2H6/c1-10-4-2-7(11,3-5-10)6(8)9;1-2/h6,11H,2-5H2,1H3;1-2H3. The minimum atomic E-state index is -2.60. The zero-order chi connectivity index (χ0) is 10.5. The monoisotopic (exact) mass is 195 g/mol. The fourth-order valence-corrected chi connectivity index (χ4v) is 1.22. The summed E-state index contributed by atoms with van der Waals surface area (Å²) in [5.41, 5.74) is -1.72. The predicted octanol–water partition coefficient (Wildman–Crippen LogP) is 1.73. The fourth-order valence-electron chi connectivity index (χ4n) is 1.22. The Labute approximate surface area is 78.5 Å². The van der Waals surface area contributed by atoms with E-state index in [1.54, 1.807) is 0 Å². The van der Waals surface area contributed by atoms with Crippen molar-refractivity contribution in [1.29, 1.82) is 0 Å². The first-order valence-electron chi connectivity index (χ1n) is 4.74. The summed E-state index contributed by atoms with van der Waals surface area (Å²) in [4.78, 5) is 1.94. The van der Waals surface area contributed by atoms with Gasteiger partial charge in [-0.15, -0.1) is 0 Å². The van der Waals surface area contributed by atoms with E-state index in [9.17, 15) is 13.9 Å². The van der Waals surface area contributed by atoms with E-state index in [1.165, 1.54) is 0 Å². The van der Waals surface area contributed by atoms with Gasteiger partial charge in [-0.1, -0.05) is 13.8 Å². The van der Waals surface area contributed by atoms with Gasteiger partial charge in [-0.3, -0.25) is 0 Å². The average molecular weight is 195 g/mol. The summed E-state index contributed by atoms with van der Waals surface area (Å²) in [6, 6.07) is 0. The Morgan fingerprint density at radius 1 is 1.23 bits per heavy atom. The van der Waals surface area contributed by atoms with E-state index >= 15 is 0 Å². The Morgan fingerprint density at radius 2 is 1.62 bits per heavy atom. The van der Waals surface area contributed by atoms with Crippen LogP contribution in [0.4, 0.5) is 8.78 Å². The van der Waals surface area contributed by atoms with Gasteiger partial charge < -0.3 is 10.0 Å². The van der Waals surface area contributed by atoms with E-state index < -0.39 is 12.0 Å². The Morgan fingerprint density at radius 3 is 1.92 bits per heavy atom. The highest BCUT2D eigenvalue weighted by molar-refractivity contribution is 4.86. The van der Waals surface area contributed by atoms with Gasteiger partial charge in [-0.2, -0.15) is 0 Å². The molecular weight excluding hydrogens is 176 g/mol. The molecule has 0 aromatic carbocycles. The Hall–Kier alpha value is -0.220. The van der Waals surface area contributed by atoms with E-state index in [0.29, 0.717) is 13.1 Å². The zero-order valence-corrected chi connectivity index (χ0v) is 8.56. The van der Waals surface area contributed by atoms with Gasteiger partial charge in [0, 0.05) is 13.1 Å². The molecule has 0 aromatic heterocycles. The first-order valence-corrected chi connectivity index (χ1v) is 4.74. The number of halogens is 2. The second-order valence-electron chi connectivity index (χ2n) is 3.21. The van der Waals surface area contributed by atoms with E-state index in [0.717, 1.165) is 0 Å². The highest BCUT2D eigenvalue weighted by atomic mass is 19.3. The first kappa shape index (κ1) is 12.8. The van der Waals surface area contributed by atoms with Crippen LogP contribution in [0, 0.1) is 0 Å². The summed E-state index contributed by atoms with van der Waals surface area (Å²) in [5, 5.41) is 9.29. The van der Waals surface area contributed by atoms with Crippen molar-refractivity contribution < 1.29 is 13.9 Å². The normalized spacial score (nSPS) is 22.4. The van der Waals surface area contributed by atoms with Crippen molar-refractivity contribution in [2.75, 3.05) is 20.1 Å². The minimum absolute atomic E-state index is 0.182. The molecule has 1 aliphatic rings. The van der Waals surface area contributed by atoms with E-state index in [-0.39, 0.29) is 12.8 Å². The lowest BCUT2D eigenvalue weighted by atomic mass is 9.92. The third-order valence-corrected chi connectivity index (χ3v) is 2.26. The Balaban J connectivity index is 0.000000671. The second-order valence-corrected chi connectivity index (χ2v) is 3.21. The van der Waals surface area contributed by atoms with Crippen molar-refractivity contribution in [2.24, 2.45) is 0 Å². The summed E-state index contributed by atoms with van der Waals surface area (Å²) >= 11 is 0. The maximum absolute atomic E-state index is 12.2. The number of hydrogen-bond acceptors (Lipinski definition) is 2. The largest absolute Gasteiger partial charge is 0.384 e. The summed E-state index contributed by atoms with van der Waals surface area (Å²) in [6.07, 6.45) is -2.24. The van der Waals surface area contributed by atoms with Gasteiger partial charge >= 0.3 is 0 Å². The molecule has 80 valence electrons. The summed E-state index contributed by atoms with van der Waals surface area (Å²) in [5.74, 6) is 0. The molecule has 0 aromatic rings. The SMILES string of the molecule is CC.CN1CCC(O)(C(F)F)CC1. The molecule has 4 heteroatoms. The summed E-state index contributed by atoms with van der Waals surface area (Å²) in [6.45, 7) is 5.11. The molecule has 0 amide bonds. The Bertz CT molecular complexity index is 134. The van der Waals surface area contributed by atoms with E-state index in [4.69, 9.17) is 0 Å². The Kier molecular flexibility index (Phi) is 5.40. The number of aliphatic hydroxyl groups is 1. The minimum Gasteiger partial charge on any atom is -0.384 e. The molecule has 1 fully saturated rings. The van der Waals surface area contributed by atoms with Crippen LogP contribution in [0.5, 0.6) is 0 Å². The van der Waals surface area contributed by atoms with Crippen LogP contribution in [0.3, 0.4) is 0 Å². The number of rotatable bonds is 1. The lowest BCUT2D eigenvalue weighted by molar-refractivity contribution is -0.124. The number of hydrogen-bond donors (Lipinski definition) is 1. The third-order valence-electron chi connectivity index (χ3n) is 2.26. The smallest absolute Gasteiger partial charge is 0.266 e. The number of nitrogens with zero attached hydrogens (tertiary/aromatic N) is 1. The maximum atomic E-state index is 12.2. The molecule has 0 saturated carbocycles. The quantitative estimate of drug-likeness (QED) is 0.689. The van der Waals surface area contributed by atoms with Gasteiger partial charge in [-0.25, -0.2) is 8.78 Å². The van der Waals surface area contributed by atoms with Gasteiger partial charge in [0.2, 0.25) is 0 Å². The summed E-state index contributed by atoms with van der Waals surface area (Å²) < 4.78 is 24.3. The van der Waals surface area contributed by atoms with Gasteiger partial charge in [-0.05, 0) is 19.9 Å². The number of likely N-dealkylation sites (tertiary alicyclic amines) is 1. The van der Waals surface area contributed by atoms with Crippen LogP contribution in [-0.4, -0.2) is 42.2 Å². The number of piperidine rings is 1. The molecule has 0 unspecified atom stereocenters. The van der Waals surface area contributed by atoms with Crippen molar-refractivity contribution in [1.82, 2.24) is 4.90 Å². The molecule has 1 saturated heterocycles. The van der Waals surface area contributed by atoms with E-state index in [2.05, 4.69) is 0 Å². The topological polar surface area (TPSA) is 23.5 Å². The van der Waals surface area contributed by atoms with Crippen LogP contribution in [0.15, 0.2) is 0 Å². The third kappa shape index (κ3) is 3.56. The van der Waals surface area contributed by atoms with Crippen LogP contribution in [-0.2, 0) is 0 Å². The lowest BCUT2D eigenvalue weighted by Gasteiger charge is -2.35. The number of alkyl halides is 2. The highest BCUT2D eigenvalue weighted by Crippen LogP contribution is 2.27. The van der Waals surface area contributed by atoms with E-state index in [1.807, 2.05) is 25.8 Å². The fraction of sp³-hybridized carbons (Fsp3) is 1.00. The van der Waals surface area contributed by atoms with Gasteiger partial charge in [0.15, 0.2) is 0 Å². The van der Waals surface area contributed by atoms with Crippen LogP contribution < -0.4 is 0 Å². The van der Waals surface area contributed by atoms with Crippen LogP contribution >= 0.6 is 0 Å². The summed E-state index contributed by atoms with van der Waals surface area (Å²) in [7, 11) is 1.87. The molecule has 0 spiro atoms. The first-order chi connectivity index (χ1) is 6.04. The molecular formula is C9H19F2NO. The van der Waals surface area contributed by atoms with Crippen molar-refractivity contribution in [3.05, 3.63) is 0 Å². The zero-order valence-electron chi connectivity index (χ0n) is 8.56. The molecule has 0 aliphatic carbocycles. The molecule has 0 radical (unpaired) electrons. The molecule has 13 heavy (non-hydrogen) atoms. The molecule has 1 N–H and O–H groups in total. The molecule has 1 rings (SSSR count). The van der Waals surface area contributed by atoms with Crippen molar-refractivity contribution in [3.8, 4) is 0 Å². The van der Waals surface area contributed by atoms with Crippen molar-refractivity contribution in [2.45, 2.75) is 38.7 Å². The van der Waals surface area contributed by atoms with Crippen LogP contribution in [0.1, 0.15) is 26.7 Å². The molecule has 1 heterocycles. The molecule has 0 atom stereocenters. The van der Waals surface area contributed by atoms with Gasteiger partial charge in [0.1, 0.15) is 5.60 Å². The molecule has 0 bridgehead atoms. The van der Waals surface area contributed by atoms with Crippen LogP contribution in [0.25, 0.3) is 0 Å². The van der Waals surface area contributed by atoms with Gasteiger partial charge in [0.05, 0.1) is 0 Å². The molecule has 2 nitrogen and oxygen atoms in total. The average Bonchev–Trinajstić information content (AvgIpc) is 2.14. The molecule has 1 aliphatic heterocycles. The van der Waals surface area contributed by atoms with Crippen molar-refractivity contribution in [3.63, 3.8) is 0 Å². The second kappa shape index (κ2) is 5.50. The maximum Gasteiger partial charge on any atom is 0.266 e. The van der Waals surface area contributed by atoms with Crippen LogP contribution in [0.2, 0.25) is 0 Å².